The van der Waals surface area contributed by atoms with Crippen LogP contribution in [0.2, 0.25) is 0 Å². The van der Waals surface area contributed by atoms with E-state index >= 15 is 0 Å². The van der Waals surface area contributed by atoms with Crippen LogP contribution in [-0.4, -0.2) is 28.0 Å². The van der Waals surface area contributed by atoms with E-state index in [2.05, 4.69) is 5.32 Å². The van der Waals surface area contributed by atoms with E-state index < -0.39 is 22.5 Å². The first-order valence-electron chi connectivity index (χ1n) is 9.40. The fourth-order valence-corrected chi connectivity index (χ4v) is 4.51. The minimum absolute atomic E-state index is 0.0944. The number of anilines is 2. The second-order valence-corrected chi connectivity index (χ2v) is 8.78. The molecule has 156 valence electrons. The molecule has 0 fully saturated rings. The number of sulfonamides is 1. The van der Waals surface area contributed by atoms with E-state index in [1.807, 2.05) is 38.1 Å². The topological polar surface area (TPSA) is 75.7 Å². The Kier molecular flexibility index (Phi) is 6.42. The Morgan fingerprint density at radius 1 is 0.933 bits per heavy atom. The number of nitrogens with one attached hydrogen (secondary N) is 1. The second kappa shape index (κ2) is 9.00. The van der Waals surface area contributed by atoms with Gasteiger partial charge in [-0.25, -0.2) is 8.42 Å². The number of aryl methyl sites for hydroxylation is 2. The number of methoxy groups -OCH3 is 1. The van der Waals surface area contributed by atoms with E-state index in [1.54, 1.807) is 36.4 Å². The minimum atomic E-state index is -4.01. The Balaban J connectivity index is 2.02. The predicted molar refractivity (Wildman–Crippen MR) is 119 cm³/mol. The molecule has 1 amide bonds. The number of benzene rings is 3. The molecule has 0 saturated heterocycles. The summed E-state index contributed by atoms with van der Waals surface area (Å²) in [5.74, 6) is -0.0906. The van der Waals surface area contributed by atoms with Crippen LogP contribution in [-0.2, 0) is 14.8 Å². The molecule has 0 aliphatic rings. The monoisotopic (exact) mass is 424 g/mol. The zero-order valence-electron chi connectivity index (χ0n) is 17.1. The summed E-state index contributed by atoms with van der Waals surface area (Å²) < 4.78 is 33.4. The van der Waals surface area contributed by atoms with Crippen molar-refractivity contribution in [3.8, 4) is 5.75 Å². The van der Waals surface area contributed by atoms with Gasteiger partial charge in [0, 0.05) is 5.69 Å². The van der Waals surface area contributed by atoms with Gasteiger partial charge in [-0.2, -0.15) is 0 Å². The Morgan fingerprint density at radius 2 is 1.63 bits per heavy atom. The van der Waals surface area contributed by atoms with E-state index in [1.165, 1.54) is 19.2 Å². The third-order valence-electron chi connectivity index (χ3n) is 4.52. The normalized spacial score (nSPS) is 11.0. The Hall–Kier alpha value is -3.32. The summed E-state index contributed by atoms with van der Waals surface area (Å²) in [6, 6.07) is 20.6. The Bertz CT molecular complexity index is 1140. The molecule has 0 bridgehead atoms. The van der Waals surface area contributed by atoms with E-state index in [-0.39, 0.29) is 4.90 Å². The summed E-state index contributed by atoms with van der Waals surface area (Å²) in [6.45, 7) is 3.37. The lowest BCUT2D eigenvalue weighted by Crippen LogP contribution is -2.38. The fraction of sp³-hybridized carbons (Fsp3) is 0.174. The van der Waals surface area contributed by atoms with Gasteiger partial charge in [-0.15, -0.1) is 0 Å². The average Bonchev–Trinajstić information content (AvgIpc) is 2.72. The number of ether oxygens (including phenoxy) is 1. The van der Waals surface area contributed by atoms with Gasteiger partial charge in [0.15, 0.2) is 0 Å². The maximum Gasteiger partial charge on any atom is 0.264 e. The van der Waals surface area contributed by atoms with Crippen LogP contribution in [0.4, 0.5) is 11.4 Å². The van der Waals surface area contributed by atoms with Gasteiger partial charge in [-0.05, 0) is 61.4 Å². The molecule has 0 atom stereocenters. The summed E-state index contributed by atoms with van der Waals surface area (Å²) in [4.78, 5) is 12.9. The Morgan fingerprint density at radius 3 is 2.30 bits per heavy atom. The highest BCUT2D eigenvalue weighted by Crippen LogP contribution is 2.33. The number of rotatable bonds is 7. The quantitative estimate of drug-likeness (QED) is 0.618. The second-order valence-electron chi connectivity index (χ2n) is 6.92. The zero-order valence-corrected chi connectivity index (χ0v) is 17.9. The molecule has 0 spiro atoms. The summed E-state index contributed by atoms with van der Waals surface area (Å²) in [5.41, 5.74) is 2.74. The third-order valence-corrected chi connectivity index (χ3v) is 6.30. The van der Waals surface area contributed by atoms with E-state index in [0.717, 1.165) is 15.4 Å². The number of carbonyl (C=O) groups is 1. The fourth-order valence-electron chi connectivity index (χ4n) is 3.07. The van der Waals surface area contributed by atoms with Gasteiger partial charge < -0.3 is 10.1 Å². The lowest BCUT2D eigenvalue weighted by molar-refractivity contribution is -0.114. The Labute approximate surface area is 177 Å². The molecular weight excluding hydrogens is 400 g/mol. The molecule has 7 heteroatoms. The molecule has 3 aromatic carbocycles. The molecule has 0 aromatic heterocycles. The van der Waals surface area contributed by atoms with E-state index in [0.29, 0.717) is 17.1 Å². The highest BCUT2D eigenvalue weighted by molar-refractivity contribution is 7.92. The number of carbonyl (C=O) groups excluding carboxylic acids is 1. The molecule has 0 heterocycles. The first-order valence-corrected chi connectivity index (χ1v) is 10.8. The van der Waals surface area contributed by atoms with Crippen LogP contribution in [0.15, 0.2) is 77.7 Å². The van der Waals surface area contributed by atoms with Crippen molar-refractivity contribution in [3.63, 3.8) is 0 Å². The van der Waals surface area contributed by atoms with Crippen molar-refractivity contribution in [1.82, 2.24) is 0 Å². The van der Waals surface area contributed by atoms with Gasteiger partial charge in [0.05, 0.1) is 17.7 Å². The maximum absolute atomic E-state index is 13.4. The molecule has 3 aromatic rings. The van der Waals surface area contributed by atoms with Crippen LogP contribution < -0.4 is 14.4 Å². The lowest BCUT2D eigenvalue weighted by Gasteiger charge is -2.26. The lowest BCUT2D eigenvalue weighted by atomic mass is 10.2. The van der Waals surface area contributed by atoms with Crippen LogP contribution in [0.3, 0.4) is 0 Å². The highest BCUT2D eigenvalue weighted by atomic mass is 32.2. The van der Waals surface area contributed by atoms with Crippen LogP contribution >= 0.6 is 0 Å². The number of amides is 1. The van der Waals surface area contributed by atoms with Crippen molar-refractivity contribution >= 4 is 27.3 Å². The van der Waals surface area contributed by atoms with E-state index in [4.69, 9.17) is 4.74 Å². The van der Waals surface area contributed by atoms with Crippen LogP contribution in [0.25, 0.3) is 0 Å². The van der Waals surface area contributed by atoms with Crippen molar-refractivity contribution in [2.45, 2.75) is 18.7 Å². The molecule has 0 unspecified atom stereocenters. The largest absolute Gasteiger partial charge is 0.495 e. The van der Waals surface area contributed by atoms with Crippen molar-refractivity contribution in [3.05, 3.63) is 83.9 Å². The van der Waals surface area contributed by atoms with E-state index in [9.17, 15) is 13.2 Å². The standard InChI is InChI=1S/C23H24N2O4S/c1-17-8-7-9-19(14-17)24-23(26)16-25(21-15-18(2)12-13-22(21)29-3)30(27,28)20-10-5-4-6-11-20/h4-15H,16H2,1-3H3,(H,24,26). The van der Waals surface area contributed by atoms with Gasteiger partial charge in [-0.1, -0.05) is 36.4 Å². The van der Waals surface area contributed by atoms with Gasteiger partial charge in [-0.3, -0.25) is 9.10 Å². The van der Waals surface area contributed by atoms with Crippen LogP contribution in [0.5, 0.6) is 5.75 Å². The predicted octanol–water partition coefficient (Wildman–Crippen LogP) is 4.15. The first-order chi connectivity index (χ1) is 14.3. The third kappa shape index (κ3) is 4.80. The number of hydrogen-bond acceptors (Lipinski definition) is 4. The maximum atomic E-state index is 13.4. The number of nitrogens with zero attached hydrogens (tertiary/aromatic N) is 1. The average molecular weight is 425 g/mol. The smallest absolute Gasteiger partial charge is 0.264 e. The van der Waals surface area contributed by atoms with Crippen molar-refractivity contribution in [2.75, 3.05) is 23.3 Å². The molecular formula is C23H24N2O4S. The molecule has 0 aliphatic carbocycles. The summed E-state index contributed by atoms with van der Waals surface area (Å²) in [5, 5.41) is 2.77. The van der Waals surface area contributed by atoms with Crippen LogP contribution in [0, 0.1) is 13.8 Å². The molecule has 3 rings (SSSR count). The van der Waals surface area contributed by atoms with Crippen LogP contribution in [0.1, 0.15) is 11.1 Å². The zero-order chi connectivity index (χ0) is 21.7. The van der Waals surface area contributed by atoms with Gasteiger partial charge in [0.25, 0.3) is 10.0 Å². The van der Waals surface area contributed by atoms with Gasteiger partial charge in [0.1, 0.15) is 12.3 Å². The molecule has 0 aliphatic heterocycles. The summed E-state index contributed by atoms with van der Waals surface area (Å²) >= 11 is 0. The molecule has 30 heavy (non-hydrogen) atoms. The van der Waals surface area contributed by atoms with Crippen molar-refractivity contribution in [2.24, 2.45) is 0 Å². The first kappa shape index (κ1) is 21.4. The summed E-state index contributed by atoms with van der Waals surface area (Å²) in [6.07, 6.45) is 0. The van der Waals surface area contributed by atoms with Gasteiger partial charge in [0.2, 0.25) is 5.91 Å². The molecule has 0 radical (unpaired) electrons. The number of hydrogen-bond donors (Lipinski definition) is 1. The van der Waals surface area contributed by atoms with Crippen molar-refractivity contribution in [1.29, 1.82) is 0 Å². The molecule has 1 N–H and O–H groups in total. The van der Waals surface area contributed by atoms with Crippen molar-refractivity contribution < 1.29 is 17.9 Å². The minimum Gasteiger partial charge on any atom is -0.495 e. The SMILES string of the molecule is COc1ccc(C)cc1N(CC(=O)Nc1cccc(C)c1)S(=O)(=O)c1ccccc1. The van der Waals surface area contributed by atoms with Gasteiger partial charge >= 0.3 is 0 Å². The summed E-state index contributed by atoms with van der Waals surface area (Å²) in [7, 11) is -2.54. The molecule has 6 nitrogen and oxygen atoms in total. The highest BCUT2D eigenvalue weighted by Gasteiger charge is 2.29. The molecule has 0 saturated carbocycles.